The van der Waals surface area contributed by atoms with Crippen LogP contribution in [0, 0.1) is 10.1 Å². The van der Waals surface area contributed by atoms with Crippen molar-refractivity contribution in [2.24, 2.45) is 0 Å². The summed E-state index contributed by atoms with van der Waals surface area (Å²) in [6.07, 6.45) is 0. The van der Waals surface area contributed by atoms with E-state index in [1.165, 1.54) is 19.2 Å². The van der Waals surface area contributed by atoms with Crippen LogP contribution in [0.4, 0.5) is 5.69 Å². The first-order valence-electron chi connectivity index (χ1n) is 7.10. The van der Waals surface area contributed by atoms with Crippen molar-refractivity contribution < 1.29 is 18.9 Å². The van der Waals surface area contributed by atoms with Gasteiger partial charge in [0.2, 0.25) is 5.82 Å². The van der Waals surface area contributed by atoms with Gasteiger partial charge in [0.15, 0.2) is 12.4 Å². The molecule has 128 valence electrons. The van der Waals surface area contributed by atoms with Gasteiger partial charge in [-0.2, -0.15) is 4.98 Å². The maximum Gasteiger partial charge on any atom is 0.314 e. The number of methoxy groups -OCH3 is 1. The van der Waals surface area contributed by atoms with Gasteiger partial charge in [-0.25, -0.2) is 0 Å². The number of hydrogen-bond donors (Lipinski definition) is 0. The van der Waals surface area contributed by atoms with E-state index >= 15 is 0 Å². The first kappa shape index (κ1) is 16.9. The third-order valence-corrected chi connectivity index (χ3v) is 3.76. The summed E-state index contributed by atoms with van der Waals surface area (Å²) in [7, 11) is 1.43. The highest BCUT2D eigenvalue weighted by Crippen LogP contribution is 2.31. The Balaban J connectivity index is 1.76. The smallest absolute Gasteiger partial charge is 0.314 e. The molecule has 0 fully saturated rings. The Morgan fingerprint density at radius 2 is 2.12 bits per heavy atom. The van der Waals surface area contributed by atoms with Crippen LogP contribution in [0.1, 0.15) is 5.89 Å². The fourth-order valence-electron chi connectivity index (χ4n) is 2.09. The van der Waals surface area contributed by atoms with Crippen molar-refractivity contribution >= 4 is 21.6 Å². The number of nitro groups is 1. The van der Waals surface area contributed by atoms with Crippen LogP contribution in [0.25, 0.3) is 11.4 Å². The molecule has 0 N–H and O–H groups in total. The van der Waals surface area contributed by atoms with E-state index in [9.17, 15) is 10.1 Å². The maximum absolute atomic E-state index is 11.1. The molecule has 8 nitrogen and oxygen atoms in total. The molecule has 0 unspecified atom stereocenters. The standard InChI is InChI=1S/C16H12BrN3O5/c1-23-12-5-6-14(13(8-12)20(21)22)24-9-15-18-16(19-25-15)10-3-2-4-11(17)7-10/h2-8H,9H2,1H3. The van der Waals surface area contributed by atoms with Gasteiger partial charge in [0.25, 0.3) is 5.89 Å². The number of rotatable bonds is 6. The van der Waals surface area contributed by atoms with E-state index in [-0.39, 0.29) is 23.9 Å². The van der Waals surface area contributed by atoms with Crippen molar-refractivity contribution in [3.63, 3.8) is 0 Å². The predicted molar refractivity (Wildman–Crippen MR) is 91.4 cm³/mol. The number of nitrogens with zero attached hydrogens (tertiary/aromatic N) is 3. The van der Waals surface area contributed by atoms with E-state index in [0.717, 1.165) is 10.0 Å². The monoisotopic (exact) mass is 405 g/mol. The van der Waals surface area contributed by atoms with Gasteiger partial charge in [-0.15, -0.1) is 0 Å². The van der Waals surface area contributed by atoms with Crippen molar-refractivity contribution in [3.05, 3.63) is 62.9 Å². The van der Waals surface area contributed by atoms with Crippen LogP contribution in [-0.2, 0) is 6.61 Å². The molecular formula is C16H12BrN3O5. The average molecular weight is 406 g/mol. The Labute approximate surface area is 150 Å². The van der Waals surface area contributed by atoms with Gasteiger partial charge >= 0.3 is 5.69 Å². The van der Waals surface area contributed by atoms with E-state index in [4.69, 9.17) is 14.0 Å². The van der Waals surface area contributed by atoms with Crippen LogP contribution in [0.15, 0.2) is 51.5 Å². The minimum absolute atomic E-state index is 0.0891. The van der Waals surface area contributed by atoms with Gasteiger partial charge in [-0.3, -0.25) is 10.1 Å². The summed E-state index contributed by atoms with van der Waals surface area (Å²) in [6.45, 7) is -0.0891. The lowest BCUT2D eigenvalue weighted by Gasteiger charge is -2.05. The second kappa shape index (κ2) is 7.31. The lowest BCUT2D eigenvalue weighted by Crippen LogP contribution is -2.00. The topological polar surface area (TPSA) is 101 Å². The second-order valence-corrected chi connectivity index (χ2v) is 5.82. The summed E-state index contributed by atoms with van der Waals surface area (Å²) in [5, 5.41) is 15.0. The molecule has 0 aliphatic rings. The van der Waals surface area contributed by atoms with Gasteiger partial charge < -0.3 is 14.0 Å². The van der Waals surface area contributed by atoms with Gasteiger partial charge in [0.05, 0.1) is 18.1 Å². The number of benzene rings is 2. The SMILES string of the molecule is COc1ccc(OCc2nc(-c3cccc(Br)c3)no2)c([N+](=O)[O-])c1. The van der Waals surface area contributed by atoms with Crippen molar-refractivity contribution in [1.29, 1.82) is 0 Å². The third-order valence-electron chi connectivity index (χ3n) is 3.26. The molecule has 0 amide bonds. The van der Waals surface area contributed by atoms with Crippen molar-refractivity contribution in [1.82, 2.24) is 10.1 Å². The Kier molecular flexibility index (Phi) is 4.94. The molecule has 9 heteroatoms. The molecule has 3 aromatic rings. The highest BCUT2D eigenvalue weighted by Gasteiger charge is 2.18. The van der Waals surface area contributed by atoms with Gasteiger partial charge in [-0.05, 0) is 24.3 Å². The Morgan fingerprint density at radius 3 is 2.84 bits per heavy atom. The lowest BCUT2D eigenvalue weighted by atomic mass is 10.2. The summed E-state index contributed by atoms with van der Waals surface area (Å²) in [5.41, 5.74) is 0.575. The maximum atomic E-state index is 11.1. The van der Waals surface area contributed by atoms with E-state index in [2.05, 4.69) is 26.1 Å². The van der Waals surface area contributed by atoms with Gasteiger partial charge in [0, 0.05) is 10.0 Å². The van der Waals surface area contributed by atoms with E-state index < -0.39 is 4.92 Å². The first-order chi connectivity index (χ1) is 12.1. The fraction of sp³-hybridized carbons (Fsp3) is 0.125. The van der Waals surface area contributed by atoms with Crippen LogP contribution >= 0.6 is 15.9 Å². The number of halogens is 1. The number of ether oxygens (including phenoxy) is 2. The molecule has 0 bridgehead atoms. The summed E-state index contributed by atoms with van der Waals surface area (Å²) in [6, 6.07) is 11.8. The molecule has 3 rings (SSSR count). The summed E-state index contributed by atoms with van der Waals surface area (Å²) >= 11 is 3.38. The largest absolute Gasteiger partial charge is 0.496 e. The highest BCUT2D eigenvalue weighted by molar-refractivity contribution is 9.10. The normalized spacial score (nSPS) is 10.5. The highest BCUT2D eigenvalue weighted by atomic mass is 79.9. The van der Waals surface area contributed by atoms with Crippen LogP contribution < -0.4 is 9.47 Å². The Bertz CT molecular complexity index is 912. The molecule has 1 aromatic heterocycles. The Morgan fingerprint density at radius 1 is 1.28 bits per heavy atom. The van der Waals surface area contributed by atoms with E-state index in [1.807, 2.05) is 24.3 Å². The van der Waals surface area contributed by atoms with Crippen LogP contribution in [0.5, 0.6) is 11.5 Å². The van der Waals surface area contributed by atoms with Gasteiger partial charge in [0.1, 0.15) is 5.75 Å². The quantitative estimate of drug-likeness (QED) is 0.451. The molecule has 0 saturated heterocycles. The molecular weight excluding hydrogens is 394 g/mol. The van der Waals surface area contributed by atoms with Crippen LogP contribution in [-0.4, -0.2) is 22.2 Å². The van der Waals surface area contributed by atoms with Gasteiger partial charge in [-0.1, -0.05) is 33.2 Å². The molecule has 0 atom stereocenters. The molecule has 2 aromatic carbocycles. The molecule has 1 heterocycles. The summed E-state index contributed by atoms with van der Waals surface area (Å²) in [4.78, 5) is 14.8. The third kappa shape index (κ3) is 3.94. The minimum Gasteiger partial charge on any atom is -0.496 e. The summed E-state index contributed by atoms with van der Waals surface area (Å²) < 4.78 is 16.5. The van der Waals surface area contributed by atoms with Crippen LogP contribution in [0.3, 0.4) is 0 Å². The molecule has 0 spiro atoms. The fourth-order valence-corrected chi connectivity index (χ4v) is 2.49. The predicted octanol–water partition coefficient (Wildman–Crippen LogP) is 3.99. The molecule has 0 aliphatic carbocycles. The zero-order chi connectivity index (χ0) is 17.8. The first-order valence-corrected chi connectivity index (χ1v) is 7.90. The summed E-state index contributed by atoms with van der Waals surface area (Å²) in [5.74, 6) is 1.08. The Hall–Kier alpha value is -2.94. The second-order valence-electron chi connectivity index (χ2n) is 4.90. The van der Waals surface area contributed by atoms with Crippen molar-refractivity contribution in [2.75, 3.05) is 7.11 Å². The minimum atomic E-state index is -0.543. The zero-order valence-electron chi connectivity index (χ0n) is 13.0. The number of aromatic nitrogens is 2. The molecule has 0 saturated carbocycles. The van der Waals surface area contributed by atoms with E-state index in [1.54, 1.807) is 6.07 Å². The molecule has 0 aliphatic heterocycles. The molecule has 0 radical (unpaired) electrons. The number of nitro benzene ring substituents is 1. The zero-order valence-corrected chi connectivity index (χ0v) is 14.6. The van der Waals surface area contributed by atoms with Crippen molar-refractivity contribution in [3.8, 4) is 22.9 Å². The average Bonchev–Trinajstić information content (AvgIpc) is 3.09. The molecule has 25 heavy (non-hydrogen) atoms. The number of hydrogen-bond acceptors (Lipinski definition) is 7. The van der Waals surface area contributed by atoms with Crippen LogP contribution in [0.2, 0.25) is 0 Å². The lowest BCUT2D eigenvalue weighted by molar-refractivity contribution is -0.386. The van der Waals surface area contributed by atoms with Crippen molar-refractivity contribution in [2.45, 2.75) is 6.61 Å². The van der Waals surface area contributed by atoms with E-state index in [0.29, 0.717) is 11.6 Å².